The number of hydrogen-bond donors (Lipinski definition) is 1. The summed E-state index contributed by atoms with van der Waals surface area (Å²) in [6.45, 7) is 0.539. The number of hydrogen-bond acceptors (Lipinski definition) is 6. The fraction of sp³-hybridized carbons (Fsp3) is 0.125. The summed E-state index contributed by atoms with van der Waals surface area (Å²) in [5.41, 5.74) is 5.51. The zero-order valence-corrected chi connectivity index (χ0v) is 18.3. The van der Waals surface area contributed by atoms with Crippen LogP contribution in [0.2, 0.25) is 0 Å². The number of rotatable bonds is 7. The summed E-state index contributed by atoms with van der Waals surface area (Å²) in [4.78, 5) is 36.9. The van der Waals surface area contributed by atoms with Crippen molar-refractivity contribution in [3.63, 3.8) is 0 Å². The first-order valence-corrected chi connectivity index (χ1v) is 11.2. The molecule has 9 heteroatoms. The number of nitro groups is 1. The highest BCUT2D eigenvalue weighted by Gasteiger charge is 2.32. The van der Waals surface area contributed by atoms with E-state index in [2.05, 4.69) is 10.5 Å². The standard InChI is InChI=1S/C24H20N4O4S/c29-22-16-33-24(27(22)15-18-4-2-1-3-5-18)20-10-8-19(9-11-20)23(30)26-25-14-17-6-12-21(13-7-17)28(31)32/h1-14,24H,15-16H2,(H,26,30)/b25-14-/t24-/m0/s1. The molecule has 1 aliphatic heterocycles. The van der Waals surface area contributed by atoms with Crippen molar-refractivity contribution in [2.24, 2.45) is 5.10 Å². The van der Waals surface area contributed by atoms with Crippen molar-refractivity contribution in [1.29, 1.82) is 0 Å². The van der Waals surface area contributed by atoms with Gasteiger partial charge in [-0.05, 0) is 41.0 Å². The molecule has 2 amide bonds. The Balaban J connectivity index is 1.38. The highest BCUT2D eigenvalue weighted by molar-refractivity contribution is 8.00. The Morgan fingerprint density at radius 3 is 2.45 bits per heavy atom. The molecule has 0 saturated carbocycles. The highest BCUT2D eigenvalue weighted by Crippen LogP contribution is 2.39. The number of non-ortho nitro benzene ring substituents is 1. The van der Waals surface area contributed by atoms with Crippen LogP contribution in [0, 0.1) is 10.1 Å². The maximum atomic E-state index is 12.4. The molecule has 33 heavy (non-hydrogen) atoms. The van der Waals surface area contributed by atoms with Gasteiger partial charge in [0, 0.05) is 24.2 Å². The Morgan fingerprint density at radius 1 is 1.09 bits per heavy atom. The Morgan fingerprint density at radius 2 is 1.79 bits per heavy atom. The van der Waals surface area contributed by atoms with Crippen LogP contribution in [0.3, 0.4) is 0 Å². The normalized spacial score (nSPS) is 15.7. The van der Waals surface area contributed by atoms with Gasteiger partial charge in [-0.3, -0.25) is 19.7 Å². The van der Waals surface area contributed by atoms with Gasteiger partial charge >= 0.3 is 0 Å². The van der Waals surface area contributed by atoms with Gasteiger partial charge < -0.3 is 4.90 Å². The highest BCUT2D eigenvalue weighted by atomic mass is 32.2. The minimum atomic E-state index is -0.479. The molecule has 3 aromatic rings. The molecule has 0 bridgehead atoms. The van der Waals surface area contributed by atoms with Crippen LogP contribution < -0.4 is 5.43 Å². The van der Waals surface area contributed by atoms with E-state index in [4.69, 9.17) is 0 Å². The number of amides is 2. The zero-order valence-electron chi connectivity index (χ0n) is 17.5. The van der Waals surface area contributed by atoms with Crippen molar-refractivity contribution < 1.29 is 14.5 Å². The van der Waals surface area contributed by atoms with Crippen LogP contribution in [0.4, 0.5) is 5.69 Å². The first-order chi connectivity index (χ1) is 16.0. The van der Waals surface area contributed by atoms with Gasteiger partial charge in [-0.2, -0.15) is 5.10 Å². The number of carbonyl (C=O) groups excluding carboxylic acids is 2. The quantitative estimate of drug-likeness (QED) is 0.324. The molecule has 1 heterocycles. The number of nitrogens with zero attached hydrogens (tertiary/aromatic N) is 3. The Kier molecular flexibility index (Phi) is 6.80. The predicted octanol–water partition coefficient (Wildman–Crippen LogP) is 4.13. The topological polar surface area (TPSA) is 105 Å². The second-order valence-electron chi connectivity index (χ2n) is 7.34. The number of carbonyl (C=O) groups is 2. The van der Waals surface area contributed by atoms with E-state index in [1.165, 1.54) is 18.3 Å². The summed E-state index contributed by atoms with van der Waals surface area (Å²) >= 11 is 1.57. The monoisotopic (exact) mass is 460 g/mol. The Labute approximate surface area is 194 Å². The van der Waals surface area contributed by atoms with Crippen LogP contribution in [-0.4, -0.2) is 33.6 Å². The summed E-state index contributed by atoms with van der Waals surface area (Å²) in [6.07, 6.45) is 1.41. The SMILES string of the molecule is O=C(N/N=C\c1ccc([N+](=O)[O-])cc1)c1ccc([C@@H]2SCC(=O)N2Cc2ccccc2)cc1. The third kappa shape index (κ3) is 5.45. The van der Waals surface area contributed by atoms with E-state index in [1.807, 2.05) is 47.4 Å². The number of nitro benzene ring substituents is 1. The average Bonchev–Trinajstić information content (AvgIpc) is 3.20. The van der Waals surface area contributed by atoms with Crippen molar-refractivity contribution >= 4 is 35.5 Å². The molecule has 0 spiro atoms. The number of hydrazone groups is 1. The van der Waals surface area contributed by atoms with Crippen molar-refractivity contribution in [2.75, 3.05) is 5.75 Å². The summed E-state index contributed by atoms with van der Waals surface area (Å²) < 4.78 is 0. The predicted molar refractivity (Wildman–Crippen MR) is 127 cm³/mol. The Hall–Kier alpha value is -3.98. The van der Waals surface area contributed by atoms with Crippen LogP contribution in [-0.2, 0) is 11.3 Å². The van der Waals surface area contributed by atoms with E-state index < -0.39 is 4.92 Å². The molecule has 1 atom stereocenters. The second kappa shape index (κ2) is 10.1. The molecular weight excluding hydrogens is 440 g/mol. The second-order valence-corrected chi connectivity index (χ2v) is 8.41. The van der Waals surface area contributed by atoms with Gasteiger partial charge in [-0.1, -0.05) is 42.5 Å². The van der Waals surface area contributed by atoms with E-state index in [9.17, 15) is 19.7 Å². The minimum absolute atomic E-state index is 0.0132. The molecule has 0 aromatic heterocycles. The van der Waals surface area contributed by atoms with Crippen LogP contribution in [0.15, 0.2) is 84.0 Å². The van der Waals surface area contributed by atoms with Crippen molar-refractivity contribution in [3.05, 3.63) is 111 Å². The molecule has 0 radical (unpaired) electrons. The van der Waals surface area contributed by atoms with E-state index >= 15 is 0 Å². The molecule has 0 unspecified atom stereocenters. The zero-order chi connectivity index (χ0) is 23.2. The number of nitrogens with one attached hydrogen (secondary N) is 1. The molecule has 0 aliphatic carbocycles. The maximum absolute atomic E-state index is 12.4. The fourth-order valence-electron chi connectivity index (χ4n) is 3.39. The van der Waals surface area contributed by atoms with Crippen molar-refractivity contribution in [2.45, 2.75) is 11.9 Å². The molecule has 8 nitrogen and oxygen atoms in total. The lowest BCUT2D eigenvalue weighted by Crippen LogP contribution is -2.27. The van der Waals surface area contributed by atoms with Crippen LogP contribution >= 0.6 is 11.8 Å². The van der Waals surface area contributed by atoms with Gasteiger partial charge in [-0.25, -0.2) is 5.43 Å². The van der Waals surface area contributed by atoms with Crippen LogP contribution in [0.5, 0.6) is 0 Å². The van der Waals surface area contributed by atoms with Gasteiger partial charge in [0.1, 0.15) is 5.37 Å². The molecule has 1 aliphatic rings. The Bertz CT molecular complexity index is 1180. The number of thioether (sulfide) groups is 1. The molecule has 1 saturated heterocycles. The van der Waals surface area contributed by atoms with Gasteiger partial charge in [0.15, 0.2) is 0 Å². The lowest BCUT2D eigenvalue weighted by molar-refractivity contribution is -0.384. The van der Waals surface area contributed by atoms with E-state index in [0.29, 0.717) is 23.4 Å². The minimum Gasteiger partial charge on any atom is -0.322 e. The molecule has 166 valence electrons. The van der Waals surface area contributed by atoms with Gasteiger partial charge in [0.2, 0.25) is 5.91 Å². The summed E-state index contributed by atoms with van der Waals surface area (Å²) in [6, 6.07) is 22.8. The first kappa shape index (κ1) is 22.2. The number of benzene rings is 3. The third-order valence-electron chi connectivity index (χ3n) is 5.11. The molecule has 1 fully saturated rings. The average molecular weight is 461 g/mol. The van der Waals surface area contributed by atoms with E-state index in [0.717, 1.165) is 11.1 Å². The van der Waals surface area contributed by atoms with Crippen molar-refractivity contribution in [1.82, 2.24) is 10.3 Å². The van der Waals surface area contributed by atoms with Crippen molar-refractivity contribution in [3.8, 4) is 0 Å². The maximum Gasteiger partial charge on any atom is 0.271 e. The van der Waals surface area contributed by atoms with Gasteiger partial charge in [0.25, 0.3) is 11.6 Å². The molecule has 1 N–H and O–H groups in total. The van der Waals surface area contributed by atoms with Gasteiger partial charge in [0.05, 0.1) is 16.9 Å². The molecule has 4 rings (SSSR count). The summed E-state index contributed by atoms with van der Waals surface area (Å²) in [5.74, 6) is 0.143. The lowest BCUT2D eigenvalue weighted by Gasteiger charge is -2.24. The molecular formula is C24H20N4O4S. The first-order valence-electron chi connectivity index (χ1n) is 10.1. The third-order valence-corrected chi connectivity index (χ3v) is 6.36. The van der Waals surface area contributed by atoms with Crippen LogP contribution in [0.1, 0.15) is 32.4 Å². The summed E-state index contributed by atoms with van der Waals surface area (Å²) in [7, 11) is 0. The largest absolute Gasteiger partial charge is 0.322 e. The van der Waals surface area contributed by atoms with Gasteiger partial charge in [-0.15, -0.1) is 11.8 Å². The smallest absolute Gasteiger partial charge is 0.271 e. The lowest BCUT2D eigenvalue weighted by atomic mass is 10.1. The van der Waals surface area contributed by atoms with Crippen LogP contribution in [0.25, 0.3) is 0 Å². The van der Waals surface area contributed by atoms with E-state index in [-0.39, 0.29) is 22.9 Å². The summed E-state index contributed by atoms with van der Waals surface area (Å²) in [5, 5.41) is 14.5. The fourth-order valence-corrected chi connectivity index (χ4v) is 4.58. The van der Waals surface area contributed by atoms with E-state index in [1.54, 1.807) is 36.0 Å². The molecule has 3 aromatic carbocycles.